The number of hydrogen-bond acceptors (Lipinski definition) is 4. The van der Waals surface area contributed by atoms with Crippen LogP contribution >= 0.6 is 0 Å². The lowest BCUT2D eigenvalue weighted by Crippen LogP contribution is -2.42. The lowest BCUT2D eigenvalue weighted by molar-refractivity contribution is -0.137. The molecule has 3 rings (SSSR count). The molecule has 0 spiro atoms. The zero-order chi connectivity index (χ0) is 15.7. The Kier molecular flexibility index (Phi) is 3.96. The van der Waals surface area contributed by atoms with Crippen molar-refractivity contribution < 1.29 is 9.59 Å². The van der Waals surface area contributed by atoms with Crippen molar-refractivity contribution in [3.8, 4) is 0 Å². The Bertz CT molecular complexity index is 650. The summed E-state index contributed by atoms with van der Waals surface area (Å²) in [6, 6.07) is 1.24. The van der Waals surface area contributed by atoms with Gasteiger partial charge in [0.1, 0.15) is 0 Å². The first kappa shape index (κ1) is 14.7. The SMILES string of the molecule is Cc1cc(=O)c(C(=O)N[C@@H]2CCN(C(=O)C3CCC3)C2)n[nH]1. The van der Waals surface area contributed by atoms with E-state index in [1.807, 2.05) is 4.90 Å². The first-order valence-electron chi connectivity index (χ1n) is 7.70. The van der Waals surface area contributed by atoms with Crippen molar-refractivity contribution in [1.82, 2.24) is 20.4 Å². The Labute approximate surface area is 128 Å². The molecule has 0 unspecified atom stereocenters. The number of hydrogen-bond donors (Lipinski definition) is 2. The molecule has 7 heteroatoms. The number of nitrogens with one attached hydrogen (secondary N) is 2. The van der Waals surface area contributed by atoms with Crippen molar-refractivity contribution in [2.75, 3.05) is 13.1 Å². The maximum Gasteiger partial charge on any atom is 0.276 e. The van der Waals surface area contributed by atoms with Crippen LogP contribution in [0.4, 0.5) is 0 Å². The van der Waals surface area contributed by atoms with E-state index in [1.165, 1.54) is 6.07 Å². The molecule has 2 fully saturated rings. The van der Waals surface area contributed by atoms with Crippen LogP contribution in [0.1, 0.15) is 41.9 Å². The highest BCUT2D eigenvalue weighted by Crippen LogP contribution is 2.29. The molecule has 118 valence electrons. The predicted octanol–water partition coefficient (Wildman–Crippen LogP) is 0.209. The van der Waals surface area contributed by atoms with E-state index in [-0.39, 0.29) is 23.6 Å². The number of aromatic amines is 1. The Balaban J connectivity index is 1.58. The first-order chi connectivity index (χ1) is 10.5. The molecule has 1 aliphatic heterocycles. The second kappa shape index (κ2) is 5.90. The van der Waals surface area contributed by atoms with E-state index in [0.29, 0.717) is 25.2 Å². The molecule has 2 aliphatic rings. The van der Waals surface area contributed by atoms with Gasteiger partial charge in [-0.25, -0.2) is 0 Å². The van der Waals surface area contributed by atoms with Crippen LogP contribution in [-0.4, -0.2) is 46.0 Å². The van der Waals surface area contributed by atoms with Gasteiger partial charge in [0.2, 0.25) is 11.3 Å². The fourth-order valence-corrected chi connectivity index (χ4v) is 2.90. The summed E-state index contributed by atoms with van der Waals surface area (Å²) < 4.78 is 0. The second-order valence-electron chi connectivity index (χ2n) is 6.13. The summed E-state index contributed by atoms with van der Waals surface area (Å²) in [7, 11) is 0. The third-order valence-electron chi connectivity index (χ3n) is 4.43. The monoisotopic (exact) mass is 304 g/mol. The van der Waals surface area contributed by atoms with Gasteiger partial charge in [-0.2, -0.15) is 5.10 Å². The molecular formula is C15H20N4O3. The van der Waals surface area contributed by atoms with Crippen molar-refractivity contribution in [3.05, 3.63) is 27.7 Å². The molecule has 0 radical (unpaired) electrons. The summed E-state index contributed by atoms with van der Waals surface area (Å²) in [5.74, 6) is -0.102. The van der Waals surface area contributed by atoms with E-state index in [4.69, 9.17) is 0 Å². The number of nitrogens with zero attached hydrogens (tertiary/aromatic N) is 2. The number of carbonyl (C=O) groups excluding carboxylic acids is 2. The van der Waals surface area contributed by atoms with Crippen molar-refractivity contribution in [2.45, 2.75) is 38.6 Å². The largest absolute Gasteiger partial charge is 0.346 e. The van der Waals surface area contributed by atoms with Gasteiger partial charge in [-0.3, -0.25) is 19.5 Å². The molecule has 2 heterocycles. The van der Waals surface area contributed by atoms with Crippen LogP contribution < -0.4 is 10.7 Å². The zero-order valence-electron chi connectivity index (χ0n) is 12.6. The van der Waals surface area contributed by atoms with E-state index in [1.54, 1.807) is 6.92 Å². The number of amides is 2. The molecule has 2 N–H and O–H groups in total. The quantitative estimate of drug-likeness (QED) is 0.834. The van der Waals surface area contributed by atoms with Crippen LogP contribution in [-0.2, 0) is 4.79 Å². The molecule has 1 saturated heterocycles. The Hall–Kier alpha value is -2.18. The Morgan fingerprint density at radius 1 is 1.36 bits per heavy atom. The van der Waals surface area contributed by atoms with Crippen LogP contribution in [0.25, 0.3) is 0 Å². The smallest absolute Gasteiger partial charge is 0.276 e. The average Bonchev–Trinajstić information content (AvgIpc) is 2.84. The molecule has 0 bridgehead atoms. The van der Waals surface area contributed by atoms with Gasteiger partial charge in [0.25, 0.3) is 5.91 Å². The van der Waals surface area contributed by atoms with Crippen molar-refractivity contribution in [1.29, 1.82) is 0 Å². The highest BCUT2D eigenvalue weighted by Gasteiger charge is 2.34. The van der Waals surface area contributed by atoms with Gasteiger partial charge in [-0.05, 0) is 26.2 Å². The van der Waals surface area contributed by atoms with Crippen LogP contribution in [0, 0.1) is 12.8 Å². The molecule has 1 aliphatic carbocycles. The molecule has 1 aromatic heterocycles. The first-order valence-corrected chi connectivity index (χ1v) is 7.70. The highest BCUT2D eigenvalue weighted by atomic mass is 16.2. The highest BCUT2D eigenvalue weighted by molar-refractivity contribution is 5.92. The van der Waals surface area contributed by atoms with Gasteiger partial charge in [-0.15, -0.1) is 0 Å². The molecule has 7 nitrogen and oxygen atoms in total. The second-order valence-corrected chi connectivity index (χ2v) is 6.13. The number of carbonyl (C=O) groups is 2. The topological polar surface area (TPSA) is 95.2 Å². The fraction of sp³-hybridized carbons (Fsp3) is 0.600. The molecular weight excluding hydrogens is 284 g/mol. The van der Waals surface area contributed by atoms with Crippen LogP contribution in [0.15, 0.2) is 10.9 Å². The summed E-state index contributed by atoms with van der Waals surface area (Å²) in [6.07, 6.45) is 3.81. The number of aryl methyl sites for hydroxylation is 1. The van der Waals surface area contributed by atoms with Gasteiger partial charge in [0, 0.05) is 36.8 Å². The molecule has 0 aromatic carbocycles. The number of likely N-dealkylation sites (tertiary alicyclic amines) is 1. The molecule has 22 heavy (non-hydrogen) atoms. The normalized spacial score (nSPS) is 21.5. The minimum Gasteiger partial charge on any atom is -0.346 e. The molecule has 2 amide bonds. The van der Waals surface area contributed by atoms with Gasteiger partial charge < -0.3 is 10.2 Å². The maximum atomic E-state index is 12.2. The lowest BCUT2D eigenvalue weighted by atomic mass is 9.84. The zero-order valence-corrected chi connectivity index (χ0v) is 12.6. The summed E-state index contributed by atoms with van der Waals surface area (Å²) in [6.45, 7) is 2.89. The Morgan fingerprint density at radius 3 is 2.77 bits per heavy atom. The van der Waals surface area contributed by atoms with Crippen molar-refractivity contribution in [3.63, 3.8) is 0 Å². The summed E-state index contributed by atoms with van der Waals surface area (Å²) in [4.78, 5) is 37.9. The number of H-pyrrole nitrogens is 1. The molecule has 1 aromatic rings. The summed E-state index contributed by atoms with van der Waals surface area (Å²) >= 11 is 0. The molecule has 1 atom stereocenters. The fourth-order valence-electron chi connectivity index (χ4n) is 2.90. The lowest BCUT2D eigenvalue weighted by Gasteiger charge is -2.29. The summed E-state index contributed by atoms with van der Waals surface area (Å²) in [5, 5.41) is 9.22. The van der Waals surface area contributed by atoms with Crippen molar-refractivity contribution >= 4 is 11.8 Å². The van der Waals surface area contributed by atoms with Gasteiger partial charge in [0.05, 0.1) is 0 Å². The minimum atomic E-state index is -0.482. The van der Waals surface area contributed by atoms with E-state index >= 15 is 0 Å². The predicted molar refractivity (Wildman–Crippen MR) is 79.4 cm³/mol. The third kappa shape index (κ3) is 2.88. The van der Waals surface area contributed by atoms with E-state index in [2.05, 4.69) is 15.5 Å². The Morgan fingerprint density at radius 2 is 2.14 bits per heavy atom. The van der Waals surface area contributed by atoms with E-state index < -0.39 is 11.3 Å². The van der Waals surface area contributed by atoms with Crippen LogP contribution in [0.2, 0.25) is 0 Å². The minimum absolute atomic E-state index is 0.112. The van der Waals surface area contributed by atoms with Gasteiger partial charge >= 0.3 is 0 Å². The van der Waals surface area contributed by atoms with Gasteiger partial charge in [-0.1, -0.05) is 6.42 Å². The average molecular weight is 304 g/mol. The maximum absolute atomic E-state index is 12.2. The van der Waals surface area contributed by atoms with Crippen molar-refractivity contribution in [2.24, 2.45) is 5.92 Å². The standard InChI is InChI=1S/C15H20N4O3/c1-9-7-12(20)13(18-17-9)14(21)16-11-5-6-19(8-11)15(22)10-3-2-4-10/h7,10-11H,2-6,8H2,1H3,(H,16,21)(H,17,20)/t11-/m1/s1. The number of aromatic nitrogens is 2. The van der Waals surface area contributed by atoms with Crippen LogP contribution in [0.3, 0.4) is 0 Å². The van der Waals surface area contributed by atoms with E-state index in [0.717, 1.165) is 19.3 Å². The summed E-state index contributed by atoms with van der Waals surface area (Å²) in [5.41, 5.74) is 0.0863. The number of rotatable bonds is 3. The molecule has 1 saturated carbocycles. The van der Waals surface area contributed by atoms with Gasteiger partial charge in [0.15, 0.2) is 5.69 Å². The van der Waals surface area contributed by atoms with E-state index in [9.17, 15) is 14.4 Å². The third-order valence-corrected chi connectivity index (χ3v) is 4.43. The van der Waals surface area contributed by atoms with Crippen LogP contribution in [0.5, 0.6) is 0 Å².